The highest BCUT2D eigenvalue weighted by atomic mass is 15.2. The lowest BCUT2D eigenvalue weighted by Gasteiger charge is -2.30. The average molecular weight is 399 g/mol. The molecule has 3 atom stereocenters. The van der Waals surface area contributed by atoms with E-state index in [-0.39, 0.29) is 5.54 Å². The van der Waals surface area contributed by atoms with Crippen LogP contribution in [0.1, 0.15) is 49.7 Å². The van der Waals surface area contributed by atoms with Crippen molar-refractivity contribution in [2.45, 2.75) is 56.5 Å². The minimum atomic E-state index is -0.0945. The van der Waals surface area contributed by atoms with Gasteiger partial charge in [0.15, 0.2) is 0 Å². The molecule has 3 aromatic rings. The summed E-state index contributed by atoms with van der Waals surface area (Å²) in [6, 6.07) is 15.9. The smallest absolute Gasteiger partial charge is 0.0405 e. The van der Waals surface area contributed by atoms with Crippen LogP contribution in [-0.2, 0) is 6.42 Å². The standard InChI is InChI=1S/C26H30N4/c1-26(27)11-2-5-24-23(17-26)22-16-21(20-8-13-28-14-9-20)6-7-25(22)30(24)15-10-19-4-3-12-29-18-19/h3-4,6-9,12-14,16,18,23-24H,2,5,10-11,15,17,27H2,1H3/t23-,24+,26?/m0/s1. The first-order valence-corrected chi connectivity index (χ1v) is 11.1. The zero-order valence-electron chi connectivity index (χ0n) is 17.7. The van der Waals surface area contributed by atoms with Crippen molar-refractivity contribution in [1.82, 2.24) is 9.97 Å². The summed E-state index contributed by atoms with van der Waals surface area (Å²) in [4.78, 5) is 11.1. The number of rotatable bonds is 4. The highest BCUT2D eigenvalue weighted by Gasteiger charge is 2.42. The van der Waals surface area contributed by atoms with Gasteiger partial charge in [0.05, 0.1) is 0 Å². The van der Waals surface area contributed by atoms with Crippen LogP contribution < -0.4 is 10.6 Å². The second-order valence-electron chi connectivity index (χ2n) is 9.24. The second-order valence-corrected chi connectivity index (χ2v) is 9.24. The molecule has 4 heteroatoms. The molecule has 3 heterocycles. The minimum absolute atomic E-state index is 0.0945. The van der Waals surface area contributed by atoms with Crippen molar-refractivity contribution in [3.63, 3.8) is 0 Å². The number of fused-ring (bicyclic) bond motifs is 3. The van der Waals surface area contributed by atoms with Crippen molar-refractivity contribution in [3.8, 4) is 11.1 Å². The zero-order chi connectivity index (χ0) is 20.6. The van der Waals surface area contributed by atoms with Crippen LogP contribution in [0.5, 0.6) is 0 Å². The van der Waals surface area contributed by atoms with E-state index in [1.807, 2.05) is 30.9 Å². The maximum absolute atomic E-state index is 6.72. The molecule has 0 amide bonds. The number of pyridine rings is 2. The van der Waals surface area contributed by atoms with Crippen LogP contribution in [0.25, 0.3) is 11.1 Å². The highest BCUT2D eigenvalue weighted by Crippen LogP contribution is 2.49. The Bertz CT molecular complexity index is 1000. The fraction of sp³-hybridized carbons (Fsp3) is 0.385. The highest BCUT2D eigenvalue weighted by molar-refractivity contribution is 5.72. The molecule has 0 spiro atoms. The maximum atomic E-state index is 6.72. The lowest BCUT2D eigenvalue weighted by atomic mass is 9.83. The number of hydrogen-bond donors (Lipinski definition) is 1. The number of aromatic nitrogens is 2. The van der Waals surface area contributed by atoms with Crippen molar-refractivity contribution >= 4 is 5.69 Å². The summed E-state index contributed by atoms with van der Waals surface area (Å²) in [7, 11) is 0. The van der Waals surface area contributed by atoms with Gasteiger partial charge < -0.3 is 10.6 Å². The van der Waals surface area contributed by atoms with E-state index in [2.05, 4.69) is 58.2 Å². The lowest BCUT2D eigenvalue weighted by Crippen LogP contribution is -2.39. The summed E-state index contributed by atoms with van der Waals surface area (Å²) < 4.78 is 0. The SMILES string of the molecule is CC1(N)CCC[C@@H]2[C@@H](C1)c1cc(-c3ccncc3)ccc1N2CCc1cccnc1. The van der Waals surface area contributed by atoms with E-state index in [0.717, 1.165) is 25.8 Å². The Morgan fingerprint density at radius 2 is 1.93 bits per heavy atom. The van der Waals surface area contributed by atoms with Gasteiger partial charge >= 0.3 is 0 Å². The molecule has 0 saturated heterocycles. The van der Waals surface area contributed by atoms with Gasteiger partial charge in [0.25, 0.3) is 0 Å². The number of hydrogen-bond acceptors (Lipinski definition) is 4. The number of nitrogens with two attached hydrogens (primary N) is 1. The molecule has 1 aliphatic heterocycles. The second kappa shape index (κ2) is 7.84. The van der Waals surface area contributed by atoms with Crippen LogP contribution in [0.2, 0.25) is 0 Å². The molecule has 2 aromatic heterocycles. The quantitative estimate of drug-likeness (QED) is 0.676. The van der Waals surface area contributed by atoms with Crippen LogP contribution in [-0.4, -0.2) is 28.1 Å². The number of nitrogens with zero attached hydrogens (tertiary/aromatic N) is 3. The number of anilines is 1. The molecule has 1 saturated carbocycles. The fourth-order valence-corrected chi connectivity index (χ4v) is 5.44. The topological polar surface area (TPSA) is 55.0 Å². The van der Waals surface area contributed by atoms with Crippen molar-refractivity contribution < 1.29 is 0 Å². The van der Waals surface area contributed by atoms with Crippen LogP contribution in [0.4, 0.5) is 5.69 Å². The molecule has 30 heavy (non-hydrogen) atoms. The first-order chi connectivity index (χ1) is 14.6. The van der Waals surface area contributed by atoms with Gasteiger partial charge in [-0.2, -0.15) is 0 Å². The molecule has 4 nitrogen and oxygen atoms in total. The Morgan fingerprint density at radius 3 is 2.73 bits per heavy atom. The molecule has 2 aliphatic rings. The lowest BCUT2D eigenvalue weighted by molar-refractivity contribution is 0.383. The molecule has 1 fully saturated rings. The van der Waals surface area contributed by atoms with Crippen molar-refractivity contribution in [3.05, 3.63) is 78.4 Å². The summed E-state index contributed by atoms with van der Waals surface area (Å²) in [5, 5.41) is 0. The van der Waals surface area contributed by atoms with E-state index in [4.69, 9.17) is 5.73 Å². The monoisotopic (exact) mass is 398 g/mol. The summed E-state index contributed by atoms with van der Waals surface area (Å²) in [5.74, 6) is 0.494. The average Bonchev–Trinajstić information content (AvgIpc) is 2.93. The van der Waals surface area contributed by atoms with Crippen LogP contribution >= 0.6 is 0 Å². The predicted molar refractivity (Wildman–Crippen MR) is 123 cm³/mol. The summed E-state index contributed by atoms with van der Waals surface area (Å²) in [5.41, 5.74) is 13.3. The first-order valence-electron chi connectivity index (χ1n) is 11.1. The molecule has 0 radical (unpaired) electrons. The summed E-state index contributed by atoms with van der Waals surface area (Å²) >= 11 is 0. The van der Waals surface area contributed by atoms with Crippen molar-refractivity contribution in [2.24, 2.45) is 5.73 Å². The van der Waals surface area contributed by atoms with Gasteiger partial charge in [-0.1, -0.05) is 12.1 Å². The van der Waals surface area contributed by atoms with Gasteiger partial charge in [-0.05, 0) is 91.6 Å². The van der Waals surface area contributed by atoms with E-state index in [1.54, 1.807) is 0 Å². The first kappa shape index (κ1) is 19.3. The van der Waals surface area contributed by atoms with Crippen LogP contribution in [0.15, 0.2) is 67.3 Å². The molecule has 1 aliphatic carbocycles. The molecule has 154 valence electrons. The van der Waals surface area contributed by atoms with Crippen molar-refractivity contribution in [2.75, 3.05) is 11.4 Å². The molecule has 1 unspecified atom stereocenters. The summed E-state index contributed by atoms with van der Waals surface area (Å²) in [6.45, 7) is 3.26. The van der Waals surface area contributed by atoms with E-state index >= 15 is 0 Å². The van der Waals surface area contributed by atoms with Gasteiger partial charge in [-0.3, -0.25) is 9.97 Å². The Morgan fingerprint density at radius 1 is 1.07 bits per heavy atom. The normalized spacial score (nSPS) is 25.5. The third-order valence-corrected chi connectivity index (χ3v) is 6.91. The van der Waals surface area contributed by atoms with Crippen molar-refractivity contribution in [1.29, 1.82) is 0 Å². The van der Waals surface area contributed by atoms with E-state index in [1.165, 1.54) is 40.8 Å². The maximum Gasteiger partial charge on any atom is 0.0405 e. The summed E-state index contributed by atoms with van der Waals surface area (Å²) in [6.07, 6.45) is 13.2. The van der Waals surface area contributed by atoms with Gasteiger partial charge in [-0.15, -0.1) is 0 Å². The Labute approximate surface area is 179 Å². The largest absolute Gasteiger partial charge is 0.367 e. The Hall–Kier alpha value is -2.72. The molecular formula is C26H30N4. The third kappa shape index (κ3) is 3.72. The zero-order valence-corrected chi connectivity index (χ0v) is 17.7. The predicted octanol–water partition coefficient (Wildman–Crippen LogP) is 4.95. The fourth-order valence-electron chi connectivity index (χ4n) is 5.44. The Balaban J connectivity index is 1.51. The molecular weight excluding hydrogens is 368 g/mol. The Kier molecular flexibility index (Phi) is 5.03. The van der Waals surface area contributed by atoms with Gasteiger partial charge in [0, 0.05) is 54.5 Å². The van der Waals surface area contributed by atoms with E-state index < -0.39 is 0 Å². The number of benzene rings is 1. The van der Waals surface area contributed by atoms with Gasteiger partial charge in [-0.25, -0.2) is 0 Å². The molecule has 2 N–H and O–H groups in total. The van der Waals surface area contributed by atoms with Gasteiger partial charge in [0.2, 0.25) is 0 Å². The van der Waals surface area contributed by atoms with E-state index in [0.29, 0.717) is 12.0 Å². The third-order valence-electron chi connectivity index (χ3n) is 6.91. The van der Waals surface area contributed by atoms with Crippen LogP contribution in [0, 0.1) is 0 Å². The molecule has 5 rings (SSSR count). The van der Waals surface area contributed by atoms with E-state index in [9.17, 15) is 0 Å². The minimum Gasteiger partial charge on any atom is -0.367 e. The molecule has 1 aromatic carbocycles. The van der Waals surface area contributed by atoms with Crippen LogP contribution in [0.3, 0.4) is 0 Å². The van der Waals surface area contributed by atoms with Gasteiger partial charge in [0.1, 0.15) is 0 Å². The molecule has 0 bridgehead atoms.